The first-order valence-electron chi connectivity index (χ1n) is 8.60. The maximum absolute atomic E-state index is 5.96. The summed E-state index contributed by atoms with van der Waals surface area (Å²) in [6, 6.07) is 8.45. The van der Waals surface area contributed by atoms with Crippen molar-refractivity contribution in [2.75, 3.05) is 5.32 Å². The van der Waals surface area contributed by atoms with Crippen LogP contribution in [0.25, 0.3) is 10.6 Å². The lowest BCUT2D eigenvalue weighted by atomic mass is 9.54. The molecule has 0 saturated heterocycles. The summed E-state index contributed by atoms with van der Waals surface area (Å²) in [7, 11) is 0. The van der Waals surface area contributed by atoms with E-state index >= 15 is 0 Å². The fraction of sp³-hybridized carbons (Fsp3) is 0.556. The molecule has 0 amide bonds. The Hall–Kier alpha value is -1.13. The SMILES string of the molecule is Clc1ccc(-c2nnc(NC3C4CC5CC(C4)CC3C5)s2)cc1. The second kappa shape index (κ2) is 5.45. The third-order valence-electron chi connectivity index (χ3n) is 6.03. The van der Waals surface area contributed by atoms with Crippen LogP contribution >= 0.6 is 22.9 Å². The summed E-state index contributed by atoms with van der Waals surface area (Å²) in [5, 5.41) is 15.2. The molecule has 0 atom stereocenters. The normalized spacial score (nSPS) is 34.7. The number of rotatable bonds is 3. The summed E-state index contributed by atoms with van der Waals surface area (Å²) < 4.78 is 0. The van der Waals surface area contributed by atoms with Crippen LogP contribution in [0.1, 0.15) is 32.1 Å². The first-order valence-corrected chi connectivity index (χ1v) is 9.80. The lowest BCUT2D eigenvalue weighted by molar-refractivity contribution is 0.00752. The van der Waals surface area contributed by atoms with Gasteiger partial charge in [0.25, 0.3) is 0 Å². The van der Waals surface area contributed by atoms with Gasteiger partial charge < -0.3 is 5.32 Å². The second-order valence-corrected chi connectivity index (χ2v) is 8.93. The molecule has 120 valence electrons. The summed E-state index contributed by atoms with van der Waals surface area (Å²) in [4.78, 5) is 0. The molecule has 6 rings (SSSR count). The van der Waals surface area contributed by atoms with Crippen molar-refractivity contribution in [2.24, 2.45) is 23.7 Å². The van der Waals surface area contributed by atoms with Gasteiger partial charge in [0, 0.05) is 16.6 Å². The quantitative estimate of drug-likeness (QED) is 0.841. The highest BCUT2D eigenvalue weighted by Gasteiger charge is 2.48. The first kappa shape index (κ1) is 14.2. The van der Waals surface area contributed by atoms with E-state index in [1.807, 2.05) is 24.3 Å². The molecule has 4 bridgehead atoms. The van der Waals surface area contributed by atoms with Crippen molar-refractivity contribution in [3.63, 3.8) is 0 Å². The van der Waals surface area contributed by atoms with Gasteiger partial charge in [0.1, 0.15) is 5.01 Å². The zero-order chi connectivity index (χ0) is 15.4. The Morgan fingerprint density at radius 2 is 1.57 bits per heavy atom. The average Bonchev–Trinajstić information content (AvgIpc) is 2.99. The Bertz CT molecular complexity index is 683. The maximum atomic E-state index is 5.96. The fourth-order valence-electron chi connectivity index (χ4n) is 5.29. The molecule has 3 nitrogen and oxygen atoms in total. The molecule has 1 aromatic carbocycles. The predicted octanol–water partition coefficient (Wildman–Crippen LogP) is 5.10. The zero-order valence-corrected chi connectivity index (χ0v) is 14.5. The Morgan fingerprint density at radius 3 is 2.22 bits per heavy atom. The molecule has 2 aromatic rings. The molecular formula is C18H20ClN3S. The summed E-state index contributed by atoms with van der Waals surface area (Å²) >= 11 is 7.62. The van der Waals surface area contributed by atoms with Crippen molar-refractivity contribution in [1.29, 1.82) is 0 Å². The minimum absolute atomic E-state index is 0.619. The van der Waals surface area contributed by atoms with E-state index in [2.05, 4.69) is 15.5 Å². The molecule has 0 spiro atoms. The molecule has 1 aromatic heterocycles. The van der Waals surface area contributed by atoms with Crippen LogP contribution < -0.4 is 5.32 Å². The molecule has 1 N–H and O–H groups in total. The third-order valence-corrected chi connectivity index (χ3v) is 7.19. The van der Waals surface area contributed by atoms with Gasteiger partial charge in [-0.05, 0) is 67.9 Å². The van der Waals surface area contributed by atoms with Crippen molar-refractivity contribution in [3.8, 4) is 10.6 Å². The summed E-state index contributed by atoms with van der Waals surface area (Å²) in [6.07, 6.45) is 7.20. The first-order chi connectivity index (χ1) is 11.2. The van der Waals surface area contributed by atoms with Gasteiger partial charge in [-0.1, -0.05) is 35.1 Å². The number of anilines is 1. The van der Waals surface area contributed by atoms with E-state index in [1.54, 1.807) is 11.3 Å². The van der Waals surface area contributed by atoms with Crippen molar-refractivity contribution in [2.45, 2.75) is 38.1 Å². The Kier molecular flexibility index (Phi) is 3.37. The number of benzene rings is 1. The van der Waals surface area contributed by atoms with Crippen molar-refractivity contribution in [3.05, 3.63) is 29.3 Å². The van der Waals surface area contributed by atoms with Crippen LogP contribution in [0.15, 0.2) is 24.3 Å². The maximum Gasteiger partial charge on any atom is 0.206 e. The molecule has 0 aliphatic heterocycles. The molecule has 4 saturated carbocycles. The van der Waals surface area contributed by atoms with Gasteiger partial charge in [-0.25, -0.2) is 0 Å². The highest BCUT2D eigenvalue weighted by molar-refractivity contribution is 7.18. The molecule has 23 heavy (non-hydrogen) atoms. The minimum Gasteiger partial charge on any atom is -0.357 e. The van der Waals surface area contributed by atoms with Gasteiger partial charge in [-0.3, -0.25) is 0 Å². The molecule has 4 fully saturated rings. The minimum atomic E-state index is 0.619. The van der Waals surface area contributed by atoms with E-state index in [1.165, 1.54) is 32.1 Å². The standard InChI is InChI=1S/C18H20ClN3S/c19-15-3-1-12(2-4-15)17-21-22-18(23-17)20-16-13-6-10-5-11(8-13)9-14(16)7-10/h1-4,10-11,13-14,16H,5-9H2,(H,20,22). The van der Waals surface area contributed by atoms with Crippen LogP contribution in [0.4, 0.5) is 5.13 Å². The Morgan fingerprint density at radius 1 is 0.913 bits per heavy atom. The van der Waals surface area contributed by atoms with E-state index in [9.17, 15) is 0 Å². The average molecular weight is 346 g/mol. The van der Waals surface area contributed by atoms with E-state index in [0.717, 1.165) is 44.4 Å². The highest BCUT2D eigenvalue weighted by Crippen LogP contribution is 2.54. The van der Waals surface area contributed by atoms with E-state index < -0.39 is 0 Å². The molecule has 5 heteroatoms. The molecule has 0 unspecified atom stereocenters. The van der Waals surface area contributed by atoms with E-state index in [-0.39, 0.29) is 0 Å². The van der Waals surface area contributed by atoms with Gasteiger partial charge in [0.2, 0.25) is 5.13 Å². The molecular weight excluding hydrogens is 326 g/mol. The van der Waals surface area contributed by atoms with Crippen molar-refractivity contribution < 1.29 is 0 Å². The Balaban J connectivity index is 1.34. The molecule has 0 radical (unpaired) electrons. The summed E-state index contributed by atoms with van der Waals surface area (Å²) in [5.41, 5.74) is 1.09. The topological polar surface area (TPSA) is 37.8 Å². The molecule has 4 aliphatic carbocycles. The van der Waals surface area contributed by atoms with Crippen LogP contribution in [0.5, 0.6) is 0 Å². The van der Waals surface area contributed by atoms with E-state index in [4.69, 9.17) is 11.6 Å². The summed E-state index contributed by atoms with van der Waals surface area (Å²) in [6.45, 7) is 0. The van der Waals surface area contributed by atoms with Gasteiger partial charge in [-0.2, -0.15) is 0 Å². The number of halogens is 1. The number of hydrogen-bond donors (Lipinski definition) is 1. The van der Waals surface area contributed by atoms with Crippen LogP contribution in [0.2, 0.25) is 5.02 Å². The molecule has 1 heterocycles. The van der Waals surface area contributed by atoms with Crippen molar-refractivity contribution in [1.82, 2.24) is 10.2 Å². The van der Waals surface area contributed by atoms with E-state index in [0.29, 0.717) is 6.04 Å². The van der Waals surface area contributed by atoms with Crippen LogP contribution in [-0.4, -0.2) is 16.2 Å². The predicted molar refractivity (Wildman–Crippen MR) is 94.8 cm³/mol. The lowest BCUT2D eigenvalue weighted by Crippen LogP contribution is -2.51. The Labute approximate surface area is 145 Å². The largest absolute Gasteiger partial charge is 0.357 e. The smallest absolute Gasteiger partial charge is 0.206 e. The molecule has 4 aliphatic rings. The number of aromatic nitrogens is 2. The fourth-order valence-corrected chi connectivity index (χ4v) is 6.22. The zero-order valence-electron chi connectivity index (χ0n) is 12.9. The van der Waals surface area contributed by atoms with Gasteiger partial charge in [0.05, 0.1) is 0 Å². The van der Waals surface area contributed by atoms with Crippen LogP contribution in [0.3, 0.4) is 0 Å². The highest BCUT2D eigenvalue weighted by atomic mass is 35.5. The van der Waals surface area contributed by atoms with Gasteiger partial charge >= 0.3 is 0 Å². The van der Waals surface area contributed by atoms with Crippen LogP contribution in [-0.2, 0) is 0 Å². The van der Waals surface area contributed by atoms with Gasteiger partial charge in [-0.15, -0.1) is 10.2 Å². The van der Waals surface area contributed by atoms with Gasteiger partial charge in [0.15, 0.2) is 0 Å². The number of nitrogens with zero attached hydrogens (tertiary/aromatic N) is 2. The third kappa shape index (κ3) is 2.56. The van der Waals surface area contributed by atoms with Crippen molar-refractivity contribution >= 4 is 28.1 Å². The second-order valence-electron chi connectivity index (χ2n) is 7.52. The monoisotopic (exact) mass is 345 g/mol. The number of hydrogen-bond acceptors (Lipinski definition) is 4. The lowest BCUT2D eigenvalue weighted by Gasteiger charge is -2.54. The number of nitrogens with one attached hydrogen (secondary N) is 1. The summed E-state index contributed by atoms with van der Waals surface area (Å²) in [5.74, 6) is 3.73. The van der Waals surface area contributed by atoms with Crippen LogP contribution in [0, 0.1) is 23.7 Å².